The number of para-hydroxylation sites is 1. The van der Waals surface area contributed by atoms with Crippen LogP contribution in [0.4, 0.5) is 11.5 Å². The number of carbonyl (C=O) groups is 1. The van der Waals surface area contributed by atoms with Crippen molar-refractivity contribution in [2.75, 3.05) is 11.4 Å². The van der Waals surface area contributed by atoms with Crippen LogP contribution in [0.25, 0.3) is 0 Å². The second-order valence-electron chi connectivity index (χ2n) is 5.29. The van der Waals surface area contributed by atoms with Crippen molar-refractivity contribution in [3.63, 3.8) is 0 Å². The van der Waals surface area contributed by atoms with Crippen molar-refractivity contribution in [2.24, 2.45) is 0 Å². The van der Waals surface area contributed by atoms with Gasteiger partial charge in [-0.05, 0) is 36.6 Å². The van der Waals surface area contributed by atoms with Crippen LogP contribution in [0.2, 0.25) is 0 Å². The number of carboxylic acids is 1. The predicted molar refractivity (Wildman–Crippen MR) is 82.3 cm³/mol. The van der Waals surface area contributed by atoms with Crippen molar-refractivity contribution in [3.8, 4) is 0 Å². The summed E-state index contributed by atoms with van der Waals surface area (Å²) >= 11 is 0. The molecule has 0 saturated carbocycles. The zero-order valence-electron chi connectivity index (χ0n) is 12.0. The SMILES string of the molecule is CCCc1cc(C(=O)O)cc(N2CCc3ccccc32)n1. The maximum Gasteiger partial charge on any atom is 0.335 e. The summed E-state index contributed by atoms with van der Waals surface area (Å²) in [5, 5.41) is 9.29. The first-order valence-corrected chi connectivity index (χ1v) is 7.28. The van der Waals surface area contributed by atoms with Crippen molar-refractivity contribution in [1.82, 2.24) is 4.98 Å². The molecule has 4 heteroatoms. The molecule has 1 N–H and O–H groups in total. The first-order chi connectivity index (χ1) is 10.2. The molecule has 0 saturated heterocycles. The number of pyridine rings is 1. The van der Waals surface area contributed by atoms with E-state index in [4.69, 9.17) is 0 Å². The number of carboxylic acid groups (broad SMARTS) is 1. The predicted octanol–water partition coefficient (Wildman–Crippen LogP) is 3.43. The molecule has 21 heavy (non-hydrogen) atoms. The Hall–Kier alpha value is -2.36. The number of benzene rings is 1. The number of anilines is 2. The van der Waals surface area contributed by atoms with Crippen molar-refractivity contribution in [2.45, 2.75) is 26.2 Å². The van der Waals surface area contributed by atoms with E-state index in [1.54, 1.807) is 12.1 Å². The van der Waals surface area contributed by atoms with Gasteiger partial charge in [0.1, 0.15) is 5.82 Å². The molecule has 1 aliphatic rings. The Bertz CT molecular complexity index is 682. The van der Waals surface area contributed by atoms with Gasteiger partial charge in [0, 0.05) is 17.9 Å². The lowest BCUT2D eigenvalue weighted by molar-refractivity contribution is 0.0696. The molecular weight excluding hydrogens is 264 g/mol. The highest BCUT2D eigenvalue weighted by molar-refractivity contribution is 5.89. The molecule has 0 atom stereocenters. The lowest BCUT2D eigenvalue weighted by atomic mass is 10.1. The third-order valence-corrected chi connectivity index (χ3v) is 3.78. The van der Waals surface area contributed by atoms with Crippen LogP contribution in [-0.4, -0.2) is 22.6 Å². The Balaban J connectivity index is 2.04. The standard InChI is InChI=1S/C17H18N2O2/c1-2-5-14-10-13(17(20)21)11-16(18-14)19-9-8-12-6-3-4-7-15(12)19/h3-4,6-7,10-11H,2,5,8-9H2,1H3,(H,20,21). The van der Waals surface area contributed by atoms with E-state index in [0.29, 0.717) is 5.56 Å². The molecule has 3 rings (SSSR count). The minimum atomic E-state index is -0.900. The average molecular weight is 282 g/mol. The van der Waals surface area contributed by atoms with Crippen LogP contribution in [0, 0.1) is 0 Å². The van der Waals surface area contributed by atoms with Gasteiger partial charge < -0.3 is 10.0 Å². The third-order valence-electron chi connectivity index (χ3n) is 3.78. The van der Waals surface area contributed by atoms with E-state index < -0.39 is 5.97 Å². The third kappa shape index (κ3) is 2.61. The lowest BCUT2D eigenvalue weighted by Crippen LogP contribution is -2.16. The topological polar surface area (TPSA) is 53.4 Å². The smallest absolute Gasteiger partial charge is 0.335 e. The summed E-state index contributed by atoms with van der Waals surface area (Å²) in [5.41, 5.74) is 3.58. The van der Waals surface area contributed by atoms with Gasteiger partial charge in [0.05, 0.1) is 5.56 Å². The van der Waals surface area contributed by atoms with Crippen LogP contribution in [0.3, 0.4) is 0 Å². The highest BCUT2D eigenvalue weighted by Crippen LogP contribution is 2.33. The van der Waals surface area contributed by atoms with E-state index in [-0.39, 0.29) is 0 Å². The first kappa shape index (κ1) is 13.6. The van der Waals surface area contributed by atoms with Gasteiger partial charge in [-0.1, -0.05) is 31.5 Å². The second kappa shape index (κ2) is 5.56. The van der Waals surface area contributed by atoms with Crippen molar-refractivity contribution in [1.29, 1.82) is 0 Å². The number of aryl methyl sites for hydroxylation is 1. The number of aromatic nitrogens is 1. The monoisotopic (exact) mass is 282 g/mol. The largest absolute Gasteiger partial charge is 0.478 e. The molecule has 0 fully saturated rings. The molecule has 0 amide bonds. The fourth-order valence-corrected chi connectivity index (χ4v) is 2.79. The van der Waals surface area contributed by atoms with Gasteiger partial charge in [-0.15, -0.1) is 0 Å². The molecule has 4 nitrogen and oxygen atoms in total. The Morgan fingerprint density at radius 1 is 1.33 bits per heavy atom. The normalized spacial score (nSPS) is 13.3. The molecule has 0 spiro atoms. The molecule has 2 aromatic rings. The summed E-state index contributed by atoms with van der Waals surface area (Å²) in [6, 6.07) is 11.6. The molecule has 0 bridgehead atoms. The van der Waals surface area contributed by atoms with E-state index in [1.165, 1.54) is 5.56 Å². The van der Waals surface area contributed by atoms with Crippen LogP contribution in [-0.2, 0) is 12.8 Å². The highest BCUT2D eigenvalue weighted by Gasteiger charge is 2.22. The molecule has 1 aromatic heterocycles. The van der Waals surface area contributed by atoms with Crippen LogP contribution < -0.4 is 4.90 Å². The summed E-state index contributed by atoms with van der Waals surface area (Å²) in [6.45, 7) is 2.92. The number of hydrogen-bond acceptors (Lipinski definition) is 3. The number of nitrogens with zero attached hydrogens (tertiary/aromatic N) is 2. The van der Waals surface area contributed by atoms with E-state index in [0.717, 1.165) is 43.0 Å². The van der Waals surface area contributed by atoms with Gasteiger partial charge in [0.25, 0.3) is 0 Å². The van der Waals surface area contributed by atoms with Crippen LogP contribution in [0.5, 0.6) is 0 Å². The van der Waals surface area contributed by atoms with Gasteiger partial charge in [0.2, 0.25) is 0 Å². The Morgan fingerprint density at radius 2 is 2.14 bits per heavy atom. The molecule has 108 valence electrons. The number of aromatic carboxylic acids is 1. The zero-order chi connectivity index (χ0) is 14.8. The summed E-state index contributed by atoms with van der Waals surface area (Å²) < 4.78 is 0. The minimum Gasteiger partial charge on any atom is -0.478 e. The Morgan fingerprint density at radius 3 is 2.90 bits per heavy atom. The first-order valence-electron chi connectivity index (χ1n) is 7.28. The zero-order valence-corrected chi connectivity index (χ0v) is 12.0. The van der Waals surface area contributed by atoms with Crippen LogP contribution in [0.1, 0.15) is 35.0 Å². The average Bonchev–Trinajstić information content (AvgIpc) is 2.91. The summed E-state index contributed by atoms with van der Waals surface area (Å²) in [7, 11) is 0. The van der Waals surface area contributed by atoms with E-state index >= 15 is 0 Å². The Labute approximate surface area is 124 Å². The summed E-state index contributed by atoms with van der Waals surface area (Å²) in [6.07, 6.45) is 2.72. The number of hydrogen-bond donors (Lipinski definition) is 1. The lowest BCUT2D eigenvalue weighted by Gasteiger charge is -2.19. The van der Waals surface area contributed by atoms with E-state index in [2.05, 4.69) is 28.9 Å². The maximum absolute atomic E-state index is 11.3. The number of fused-ring (bicyclic) bond motifs is 1. The van der Waals surface area contributed by atoms with Crippen molar-refractivity contribution >= 4 is 17.5 Å². The van der Waals surface area contributed by atoms with Gasteiger partial charge in [-0.25, -0.2) is 9.78 Å². The van der Waals surface area contributed by atoms with E-state index in [1.807, 2.05) is 12.1 Å². The fourth-order valence-electron chi connectivity index (χ4n) is 2.79. The second-order valence-corrected chi connectivity index (χ2v) is 5.29. The van der Waals surface area contributed by atoms with Crippen molar-refractivity contribution < 1.29 is 9.90 Å². The quantitative estimate of drug-likeness (QED) is 0.933. The molecule has 0 unspecified atom stereocenters. The van der Waals surface area contributed by atoms with Crippen LogP contribution >= 0.6 is 0 Å². The van der Waals surface area contributed by atoms with Gasteiger partial charge in [0.15, 0.2) is 0 Å². The van der Waals surface area contributed by atoms with Crippen molar-refractivity contribution in [3.05, 3.63) is 53.2 Å². The number of rotatable bonds is 4. The maximum atomic E-state index is 11.3. The molecular formula is C17H18N2O2. The molecule has 0 radical (unpaired) electrons. The summed E-state index contributed by atoms with van der Waals surface area (Å²) in [5.74, 6) is -0.160. The Kier molecular flexibility index (Phi) is 3.60. The fraction of sp³-hybridized carbons (Fsp3) is 0.294. The molecule has 1 aliphatic heterocycles. The minimum absolute atomic E-state index is 0.313. The highest BCUT2D eigenvalue weighted by atomic mass is 16.4. The molecule has 2 heterocycles. The van der Waals surface area contributed by atoms with Gasteiger partial charge in [-0.2, -0.15) is 0 Å². The summed E-state index contributed by atoms with van der Waals surface area (Å²) in [4.78, 5) is 18.1. The van der Waals surface area contributed by atoms with E-state index in [9.17, 15) is 9.90 Å². The van der Waals surface area contributed by atoms with Gasteiger partial charge in [-0.3, -0.25) is 0 Å². The van der Waals surface area contributed by atoms with Gasteiger partial charge >= 0.3 is 5.97 Å². The van der Waals surface area contributed by atoms with Crippen LogP contribution in [0.15, 0.2) is 36.4 Å². The molecule has 0 aliphatic carbocycles. The molecule has 1 aromatic carbocycles.